The maximum absolute atomic E-state index is 14.7. The van der Waals surface area contributed by atoms with Crippen LogP contribution in [0.1, 0.15) is 85.0 Å². The molecule has 4 aliphatic heterocycles. The number of nitrogens with zero attached hydrogens (tertiary/aromatic N) is 2. The zero-order valence-electron chi connectivity index (χ0n) is 23.8. The molecule has 5 aliphatic rings. The maximum atomic E-state index is 14.7. The number of aliphatic hydroxyl groups excluding tert-OH is 1. The molecule has 7 atom stereocenters. The topological polar surface area (TPSA) is 96.4 Å². The van der Waals surface area contributed by atoms with E-state index in [0.29, 0.717) is 19.6 Å². The summed E-state index contributed by atoms with van der Waals surface area (Å²) in [4.78, 5) is 46.6. The number of aliphatic hydroxyl groups is 1. The van der Waals surface area contributed by atoms with Gasteiger partial charge in [-0.05, 0) is 44.4 Å². The van der Waals surface area contributed by atoms with Gasteiger partial charge in [0.15, 0.2) is 0 Å². The molecule has 0 radical (unpaired) electrons. The number of rotatable bonds is 6. The molecule has 3 fully saturated rings. The Morgan fingerprint density at radius 2 is 1.77 bits per heavy atom. The van der Waals surface area contributed by atoms with Gasteiger partial charge in [-0.15, -0.1) is 0 Å². The predicted molar refractivity (Wildman–Crippen MR) is 146 cm³/mol. The number of fused-ring (bicyclic) bond motifs is 2. The van der Waals surface area contributed by atoms with Crippen LogP contribution in [0.5, 0.6) is 0 Å². The summed E-state index contributed by atoms with van der Waals surface area (Å²) in [7, 11) is 0. The van der Waals surface area contributed by atoms with Crippen LogP contribution in [-0.2, 0) is 23.9 Å². The number of ether oxygens (including phenoxy) is 2. The molecule has 1 spiro atoms. The molecule has 0 aromatic carbocycles. The van der Waals surface area contributed by atoms with Gasteiger partial charge < -0.3 is 24.4 Å². The van der Waals surface area contributed by atoms with Crippen molar-refractivity contribution in [2.75, 3.05) is 19.8 Å². The lowest BCUT2D eigenvalue weighted by Gasteiger charge is -2.43. The first-order chi connectivity index (χ1) is 18.8. The molecular formula is C31H46N2O6. The molecule has 5 rings (SSSR count). The molecular weight excluding hydrogens is 496 g/mol. The van der Waals surface area contributed by atoms with E-state index in [9.17, 15) is 19.5 Å². The molecule has 1 unspecified atom stereocenters. The highest BCUT2D eigenvalue weighted by atomic mass is 16.6. The van der Waals surface area contributed by atoms with Crippen LogP contribution in [0.3, 0.4) is 0 Å². The SMILES string of the molecule is CC[C@H](C)[C@H](CO)N1C(=O)[C@@H]2[C@@H]3C(=O)OCCCC/C=C\[C@]3(CC)O[C@@]23C=CCN(C2CCCCC2)C(=O)C13. The van der Waals surface area contributed by atoms with Crippen molar-refractivity contribution < 1.29 is 29.0 Å². The van der Waals surface area contributed by atoms with Crippen LogP contribution in [0.2, 0.25) is 0 Å². The molecule has 1 N–H and O–H groups in total. The van der Waals surface area contributed by atoms with Crippen LogP contribution < -0.4 is 0 Å². The summed E-state index contributed by atoms with van der Waals surface area (Å²) < 4.78 is 12.8. The Hall–Kier alpha value is -2.19. The molecule has 1 saturated carbocycles. The summed E-state index contributed by atoms with van der Waals surface area (Å²) >= 11 is 0. The first kappa shape index (κ1) is 28.3. The normalized spacial score (nSPS) is 37.9. The van der Waals surface area contributed by atoms with Gasteiger partial charge in [0.25, 0.3) is 0 Å². The number of amides is 2. The molecule has 0 bridgehead atoms. The van der Waals surface area contributed by atoms with Crippen molar-refractivity contribution in [3.8, 4) is 0 Å². The highest BCUT2D eigenvalue weighted by Crippen LogP contribution is 2.59. The van der Waals surface area contributed by atoms with Crippen LogP contribution in [0, 0.1) is 17.8 Å². The monoisotopic (exact) mass is 542 g/mol. The molecule has 4 heterocycles. The fraction of sp³-hybridized carbons (Fsp3) is 0.774. The summed E-state index contributed by atoms with van der Waals surface area (Å²) in [5.41, 5.74) is -2.36. The second-order valence-corrected chi connectivity index (χ2v) is 12.3. The van der Waals surface area contributed by atoms with E-state index in [2.05, 4.69) is 6.08 Å². The van der Waals surface area contributed by atoms with E-state index in [1.165, 1.54) is 6.42 Å². The number of carbonyl (C=O) groups is 3. The number of likely N-dealkylation sites (tertiary alicyclic amines) is 1. The molecule has 8 heteroatoms. The third-order valence-corrected chi connectivity index (χ3v) is 10.2. The number of esters is 1. The lowest BCUT2D eigenvalue weighted by atomic mass is 9.73. The third kappa shape index (κ3) is 4.55. The van der Waals surface area contributed by atoms with E-state index in [0.717, 1.165) is 51.4 Å². The van der Waals surface area contributed by atoms with Gasteiger partial charge in [-0.25, -0.2) is 0 Å². The Morgan fingerprint density at radius 3 is 2.46 bits per heavy atom. The molecule has 2 saturated heterocycles. The van der Waals surface area contributed by atoms with Gasteiger partial charge in [0, 0.05) is 12.6 Å². The molecule has 216 valence electrons. The summed E-state index contributed by atoms with van der Waals surface area (Å²) in [6.07, 6.45) is 16.9. The highest BCUT2D eigenvalue weighted by Gasteiger charge is 2.76. The van der Waals surface area contributed by atoms with Crippen LogP contribution >= 0.6 is 0 Å². The summed E-state index contributed by atoms with van der Waals surface area (Å²) in [5, 5.41) is 10.6. The minimum absolute atomic E-state index is 0.0372. The Labute approximate surface area is 232 Å². The smallest absolute Gasteiger partial charge is 0.313 e. The number of cyclic esters (lactones) is 1. The minimum Gasteiger partial charge on any atom is -0.465 e. The first-order valence-electron chi connectivity index (χ1n) is 15.3. The van der Waals surface area contributed by atoms with Crippen LogP contribution in [0.4, 0.5) is 0 Å². The molecule has 0 aromatic rings. The maximum Gasteiger partial charge on any atom is 0.313 e. The average Bonchev–Trinajstić information content (AvgIpc) is 3.31. The van der Waals surface area contributed by atoms with Crippen molar-refractivity contribution in [2.45, 2.75) is 114 Å². The Morgan fingerprint density at radius 1 is 1.00 bits per heavy atom. The van der Waals surface area contributed by atoms with Crippen molar-refractivity contribution >= 4 is 17.8 Å². The number of carbonyl (C=O) groups excluding carboxylic acids is 3. The standard InChI is InChI=1S/C31H46N2O6/c1-4-21(3)23(20-34)33-26-28(36)32(22-14-9-8-10-15-22)18-13-17-31(26)24(27(33)35)25-29(37)38-19-12-7-6-11-16-30(25,5-2)39-31/h11,13,16-17,21-26,34H,4-10,12,14-15,18-20H2,1-3H3/b16-11-/t21-,23-,24-,25+,26?,30-,31-/m0/s1. The first-order valence-corrected chi connectivity index (χ1v) is 15.3. The van der Waals surface area contributed by atoms with Gasteiger partial charge in [0.2, 0.25) is 11.8 Å². The van der Waals surface area contributed by atoms with Gasteiger partial charge in [0.1, 0.15) is 23.2 Å². The molecule has 1 aliphatic carbocycles. The predicted octanol–water partition coefficient (Wildman–Crippen LogP) is 3.77. The molecule has 2 amide bonds. The summed E-state index contributed by atoms with van der Waals surface area (Å²) in [5.74, 6) is -2.65. The Kier molecular flexibility index (Phi) is 8.25. The van der Waals surface area contributed by atoms with E-state index in [4.69, 9.17) is 9.47 Å². The van der Waals surface area contributed by atoms with E-state index in [-0.39, 0.29) is 30.4 Å². The summed E-state index contributed by atoms with van der Waals surface area (Å²) in [6, 6.07) is -1.38. The number of allylic oxidation sites excluding steroid dienone is 1. The van der Waals surface area contributed by atoms with Crippen molar-refractivity contribution in [3.05, 3.63) is 24.3 Å². The van der Waals surface area contributed by atoms with Gasteiger partial charge in [0.05, 0.1) is 25.2 Å². The van der Waals surface area contributed by atoms with Crippen LogP contribution in [0.15, 0.2) is 24.3 Å². The second kappa shape index (κ2) is 11.4. The Bertz CT molecular complexity index is 1010. The van der Waals surface area contributed by atoms with Gasteiger partial charge in [-0.2, -0.15) is 0 Å². The fourth-order valence-electron chi connectivity index (χ4n) is 7.89. The van der Waals surface area contributed by atoms with E-state index in [1.54, 1.807) is 4.90 Å². The summed E-state index contributed by atoms with van der Waals surface area (Å²) in [6.45, 7) is 6.50. The highest BCUT2D eigenvalue weighted by molar-refractivity contribution is 5.99. The van der Waals surface area contributed by atoms with E-state index >= 15 is 0 Å². The fourth-order valence-corrected chi connectivity index (χ4v) is 7.89. The lowest BCUT2D eigenvalue weighted by molar-refractivity contribution is -0.164. The quantitative estimate of drug-likeness (QED) is 0.406. The second-order valence-electron chi connectivity index (χ2n) is 12.3. The van der Waals surface area contributed by atoms with E-state index < -0.39 is 41.1 Å². The van der Waals surface area contributed by atoms with Gasteiger partial charge >= 0.3 is 5.97 Å². The zero-order valence-corrected chi connectivity index (χ0v) is 23.8. The van der Waals surface area contributed by atoms with Gasteiger partial charge in [-0.3, -0.25) is 14.4 Å². The number of hydrogen-bond donors (Lipinski definition) is 1. The molecule has 39 heavy (non-hydrogen) atoms. The van der Waals surface area contributed by atoms with Crippen molar-refractivity contribution in [2.24, 2.45) is 17.8 Å². The van der Waals surface area contributed by atoms with Crippen LogP contribution in [0.25, 0.3) is 0 Å². The van der Waals surface area contributed by atoms with Crippen molar-refractivity contribution in [1.29, 1.82) is 0 Å². The largest absolute Gasteiger partial charge is 0.465 e. The van der Waals surface area contributed by atoms with Crippen LogP contribution in [-0.4, -0.2) is 81.8 Å². The van der Waals surface area contributed by atoms with Crippen molar-refractivity contribution in [3.63, 3.8) is 0 Å². The zero-order chi connectivity index (χ0) is 27.8. The number of hydrogen-bond acceptors (Lipinski definition) is 6. The van der Waals surface area contributed by atoms with E-state index in [1.807, 2.05) is 43.9 Å². The Balaban J connectivity index is 1.67. The minimum atomic E-state index is -1.31. The molecule has 8 nitrogen and oxygen atoms in total. The third-order valence-electron chi connectivity index (χ3n) is 10.2. The van der Waals surface area contributed by atoms with Crippen molar-refractivity contribution in [1.82, 2.24) is 9.80 Å². The average molecular weight is 543 g/mol. The molecule has 0 aromatic heterocycles. The lowest BCUT2D eigenvalue weighted by Crippen LogP contribution is -2.61. The van der Waals surface area contributed by atoms with Gasteiger partial charge in [-0.1, -0.05) is 70.8 Å².